The van der Waals surface area contributed by atoms with Crippen molar-refractivity contribution in [2.75, 3.05) is 11.4 Å². The van der Waals surface area contributed by atoms with Gasteiger partial charge in [0.1, 0.15) is 6.04 Å². The van der Waals surface area contributed by atoms with Gasteiger partial charge in [-0.2, -0.15) is 8.91 Å². The molecule has 0 bridgehead atoms. The molecule has 0 unspecified atom stereocenters. The van der Waals surface area contributed by atoms with E-state index in [1.165, 1.54) is 11.3 Å². The largest absolute Gasteiger partial charge is 0.350 e. The summed E-state index contributed by atoms with van der Waals surface area (Å²) < 4.78 is 15.1. The van der Waals surface area contributed by atoms with Crippen LogP contribution in [0.1, 0.15) is 31.0 Å². The molecule has 1 saturated heterocycles. The highest BCUT2D eigenvalue weighted by Gasteiger charge is 2.33. The Morgan fingerprint density at radius 1 is 1.37 bits per heavy atom. The van der Waals surface area contributed by atoms with Gasteiger partial charge in [0.2, 0.25) is 21.8 Å². The standard InChI is InChI=1S/C19H18Cl2FN5O2S/c1-2-13-15(22)17(29)27-18(24-13)30-19(25-27)26-8-4-7-14(26)16(28)23-9-10-11(20)5-3-6-12(10)21/h3,5-6,14H,2,4,7-9H2,1H3,(H,23,28)/t14-/m1/s1. The Morgan fingerprint density at radius 3 is 2.80 bits per heavy atom. The summed E-state index contributed by atoms with van der Waals surface area (Å²) in [5.41, 5.74) is -0.0625. The van der Waals surface area contributed by atoms with Gasteiger partial charge < -0.3 is 10.2 Å². The van der Waals surface area contributed by atoms with E-state index in [4.69, 9.17) is 23.2 Å². The van der Waals surface area contributed by atoms with Crippen LogP contribution in [0.2, 0.25) is 10.0 Å². The lowest BCUT2D eigenvalue weighted by molar-refractivity contribution is -0.122. The molecule has 2 aromatic heterocycles. The summed E-state index contributed by atoms with van der Waals surface area (Å²) in [5.74, 6) is -1.08. The quantitative estimate of drug-likeness (QED) is 0.618. The van der Waals surface area contributed by atoms with Crippen molar-refractivity contribution in [3.05, 3.63) is 55.7 Å². The summed E-state index contributed by atoms with van der Waals surface area (Å²) in [4.78, 5) is 31.4. The molecule has 3 aromatic rings. The molecule has 0 radical (unpaired) electrons. The van der Waals surface area contributed by atoms with Crippen LogP contribution in [0.5, 0.6) is 0 Å². The Kier molecular flexibility index (Phi) is 5.95. The maximum atomic E-state index is 14.1. The number of carbonyl (C=O) groups is 1. The minimum atomic E-state index is -0.890. The van der Waals surface area contributed by atoms with Gasteiger partial charge in [0.15, 0.2) is 0 Å². The first kappa shape index (κ1) is 21.0. The van der Waals surface area contributed by atoms with Crippen molar-refractivity contribution in [1.82, 2.24) is 19.9 Å². The second kappa shape index (κ2) is 8.49. The predicted octanol–water partition coefficient (Wildman–Crippen LogP) is 3.44. The Labute approximate surface area is 185 Å². The summed E-state index contributed by atoms with van der Waals surface area (Å²) in [5, 5.41) is 8.54. The van der Waals surface area contributed by atoms with E-state index in [0.717, 1.165) is 10.9 Å². The van der Waals surface area contributed by atoms with Crippen LogP contribution in [0.3, 0.4) is 0 Å². The topological polar surface area (TPSA) is 79.6 Å². The minimum absolute atomic E-state index is 0.113. The second-order valence-corrected chi connectivity index (χ2v) is 8.63. The Balaban J connectivity index is 1.57. The Morgan fingerprint density at radius 2 is 2.10 bits per heavy atom. The van der Waals surface area contributed by atoms with Crippen LogP contribution in [0.25, 0.3) is 4.96 Å². The van der Waals surface area contributed by atoms with Crippen LogP contribution in [-0.2, 0) is 17.8 Å². The number of benzene rings is 1. The molecule has 0 aliphatic carbocycles. The molecule has 1 aliphatic heterocycles. The number of aromatic nitrogens is 3. The molecular weight excluding hydrogens is 452 g/mol. The zero-order chi connectivity index (χ0) is 21.4. The monoisotopic (exact) mass is 469 g/mol. The van der Waals surface area contributed by atoms with Gasteiger partial charge in [-0.15, -0.1) is 5.10 Å². The average Bonchev–Trinajstić information content (AvgIpc) is 3.37. The number of hydrogen-bond donors (Lipinski definition) is 1. The summed E-state index contributed by atoms with van der Waals surface area (Å²) >= 11 is 13.5. The van der Waals surface area contributed by atoms with Gasteiger partial charge in [-0.1, -0.05) is 47.5 Å². The normalized spacial score (nSPS) is 16.4. The SMILES string of the molecule is CCc1nc2sc(N3CCC[C@@H]3C(=O)NCc3c(Cl)cccc3Cl)nn2c(=O)c1F. The van der Waals surface area contributed by atoms with Crippen LogP contribution in [0.15, 0.2) is 23.0 Å². The number of carbonyl (C=O) groups excluding carboxylic acids is 1. The third-order valence-corrected chi connectivity index (χ3v) is 6.70. The number of amides is 1. The molecule has 1 N–H and O–H groups in total. The first-order valence-corrected chi connectivity index (χ1v) is 11.0. The lowest BCUT2D eigenvalue weighted by Crippen LogP contribution is -2.43. The van der Waals surface area contributed by atoms with Crippen molar-refractivity contribution in [2.45, 2.75) is 38.8 Å². The van der Waals surface area contributed by atoms with Crippen molar-refractivity contribution in [3.8, 4) is 0 Å². The predicted molar refractivity (Wildman–Crippen MR) is 115 cm³/mol. The molecule has 0 saturated carbocycles. The maximum Gasteiger partial charge on any atom is 0.311 e. The van der Waals surface area contributed by atoms with Gasteiger partial charge in [0.25, 0.3) is 0 Å². The number of halogens is 3. The van der Waals surface area contributed by atoms with Gasteiger partial charge in [-0.25, -0.2) is 4.98 Å². The van der Waals surface area contributed by atoms with Gasteiger partial charge in [-0.3, -0.25) is 9.59 Å². The zero-order valence-electron chi connectivity index (χ0n) is 16.0. The van der Waals surface area contributed by atoms with Crippen LogP contribution < -0.4 is 15.8 Å². The number of fused-ring (bicyclic) bond motifs is 1. The smallest absolute Gasteiger partial charge is 0.311 e. The van der Waals surface area contributed by atoms with Crippen LogP contribution in [0.4, 0.5) is 9.52 Å². The van der Waals surface area contributed by atoms with Crippen molar-refractivity contribution in [2.24, 2.45) is 0 Å². The molecule has 158 valence electrons. The third kappa shape index (κ3) is 3.77. The van der Waals surface area contributed by atoms with Gasteiger partial charge >= 0.3 is 5.56 Å². The fourth-order valence-electron chi connectivity index (χ4n) is 3.47. The molecule has 1 atom stereocenters. The number of rotatable bonds is 5. The molecule has 0 spiro atoms. The van der Waals surface area contributed by atoms with E-state index >= 15 is 0 Å². The highest BCUT2D eigenvalue weighted by atomic mass is 35.5. The zero-order valence-corrected chi connectivity index (χ0v) is 18.3. The van der Waals surface area contributed by atoms with E-state index in [2.05, 4.69) is 15.4 Å². The van der Waals surface area contributed by atoms with Crippen molar-refractivity contribution >= 4 is 50.5 Å². The number of hydrogen-bond acceptors (Lipinski definition) is 6. The average molecular weight is 470 g/mol. The summed E-state index contributed by atoms with van der Waals surface area (Å²) in [6.07, 6.45) is 1.73. The van der Waals surface area contributed by atoms with E-state index < -0.39 is 17.4 Å². The molecule has 7 nitrogen and oxygen atoms in total. The second-order valence-electron chi connectivity index (χ2n) is 6.88. The molecule has 11 heteroatoms. The van der Waals surface area contributed by atoms with E-state index in [-0.39, 0.29) is 18.1 Å². The molecule has 1 fully saturated rings. The van der Waals surface area contributed by atoms with E-state index in [1.54, 1.807) is 25.1 Å². The lowest BCUT2D eigenvalue weighted by Gasteiger charge is -2.22. The fourth-order valence-corrected chi connectivity index (χ4v) is 4.99. The molecule has 1 aromatic carbocycles. The molecule has 1 amide bonds. The molecule has 30 heavy (non-hydrogen) atoms. The van der Waals surface area contributed by atoms with Gasteiger partial charge in [0, 0.05) is 28.7 Å². The molecule has 1 aliphatic rings. The van der Waals surface area contributed by atoms with Crippen molar-refractivity contribution in [3.63, 3.8) is 0 Å². The lowest BCUT2D eigenvalue weighted by atomic mass is 10.2. The van der Waals surface area contributed by atoms with E-state index in [1.807, 2.05) is 4.90 Å². The molecule has 3 heterocycles. The van der Waals surface area contributed by atoms with Gasteiger partial charge in [-0.05, 0) is 31.4 Å². The number of anilines is 1. The first-order valence-electron chi connectivity index (χ1n) is 9.46. The highest BCUT2D eigenvalue weighted by Crippen LogP contribution is 2.30. The van der Waals surface area contributed by atoms with Crippen molar-refractivity contribution < 1.29 is 9.18 Å². The van der Waals surface area contributed by atoms with Crippen LogP contribution in [-0.4, -0.2) is 33.1 Å². The first-order chi connectivity index (χ1) is 14.4. The maximum absolute atomic E-state index is 14.1. The summed E-state index contributed by atoms with van der Waals surface area (Å²) in [6, 6.07) is 4.71. The fraction of sp³-hybridized carbons (Fsp3) is 0.368. The third-order valence-electron chi connectivity index (χ3n) is 5.05. The van der Waals surface area contributed by atoms with E-state index in [9.17, 15) is 14.0 Å². The summed E-state index contributed by atoms with van der Waals surface area (Å²) in [6.45, 7) is 2.53. The number of nitrogens with one attached hydrogen (secondary N) is 1. The molecular formula is C19H18Cl2FN5O2S. The minimum Gasteiger partial charge on any atom is -0.350 e. The molecule has 4 rings (SSSR count). The van der Waals surface area contributed by atoms with E-state index in [0.29, 0.717) is 45.1 Å². The Hall–Kier alpha value is -2.23. The van der Waals surface area contributed by atoms with Crippen LogP contribution >= 0.6 is 34.5 Å². The highest BCUT2D eigenvalue weighted by molar-refractivity contribution is 7.20. The van der Waals surface area contributed by atoms with Crippen LogP contribution in [0, 0.1) is 5.82 Å². The van der Waals surface area contributed by atoms with Crippen molar-refractivity contribution in [1.29, 1.82) is 0 Å². The summed E-state index contributed by atoms with van der Waals surface area (Å²) in [7, 11) is 0. The Bertz CT molecular complexity index is 1160. The number of aryl methyl sites for hydroxylation is 1. The number of nitrogens with zero attached hydrogens (tertiary/aromatic N) is 4. The van der Waals surface area contributed by atoms with Gasteiger partial charge in [0.05, 0.1) is 5.69 Å².